The van der Waals surface area contributed by atoms with Crippen LogP contribution in [0, 0.1) is 0 Å². The molecule has 0 atom stereocenters. The van der Waals surface area contributed by atoms with Gasteiger partial charge in [0, 0.05) is 11.8 Å². The first-order chi connectivity index (χ1) is 8.76. The van der Waals surface area contributed by atoms with E-state index in [-0.39, 0.29) is 6.01 Å². The summed E-state index contributed by atoms with van der Waals surface area (Å²) in [7, 11) is 2.79. The van der Waals surface area contributed by atoms with Crippen LogP contribution in [0.4, 0.5) is 0 Å². The maximum atomic E-state index is 11.7. The zero-order valence-electron chi connectivity index (χ0n) is 10.1. The molecule has 92 valence electrons. The molecule has 18 heavy (non-hydrogen) atoms. The molecule has 5 nitrogen and oxygen atoms in total. The lowest BCUT2D eigenvalue weighted by Crippen LogP contribution is -2.07. The highest BCUT2D eigenvalue weighted by atomic mass is 16.5. The molecule has 0 saturated heterocycles. The van der Waals surface area contributed by atoms with Crippen LogP contribution in [-0.4, -0.2) is 30.2 Å². The summed E-state index contributed by atoms with van der Waals surface area (Å²) in [6, 6.07) is 9.54. The van der Waals surface area contributed by atoms with Gasteiger partial charge in [0.05, 0.1) is 19.9 Å². The molecule has 0 radical (unpaired) electrons. The van der Waals surface area contributed by atoms with Crippen molar-refractivity contribution in [3.63, 3.8) is 0 Å². The fourth-order valence-corrected chi connectivity index (χ4v) is 1.54. The number of benzene rings is 1. The average Bonchev–Trinajstić information content (AvgIpc) is 2.46. The van der Waals surface area contributed by atoms with Crippen LogP contribution in [0.3, 0.4) is 0 Å². The van der Waals surface area contributed by atoms with E-state index in [1.54, 1.807) is 0 Å². The zero-order valence-corrected chi connectivity index (χ0v) is 10.1. The molecule has 0 bridgehead atoms. The van der Waals surface area contributed by atoms with Gasteiger partial charge in [0.2, 0.25) is 0 Å². The van der Waals surface area contributed by atoms with Gasteiger partial charge in [-0.05, 0) is 0 Å². The minimum absolute atomic E-state index is 0.210. The van der Waals surface area contributed by atoms with Gasteiger partial charge in [0.1, 0.15) is 5.56 Å². The zero-order chi connectivity index (χ0) is 13.0. The molecule has 0 aliphatic carbocycles. The SMILES string of the molecule is COC(=O)c1cnc(OC)nc1-c1ccccc1. The number of rotatable bonds is 3. The molecule has 2 rings (SSSR count). The number of esters is 1. The Kier molecular flexibility index (Phi) is 3.52. The summed E-state index contributed by atoms with van der Waals surface area (Å²) in [6.45, 7) is 0. The van der Waals surface area contributed by atoms with Crippen molar-refractivity contribution in [3.8, 4) is 17.3 Å². The largest absolute Gasteiger partial charge is 0.467 e. The highest BCUT2D eigenvalue weighted by Gasteiger charge is 2.16. The van der Waals surface area contributed by atoms with Crippen LogP contribution in [-0.2, 0) is 4.74 Å². The number of hydrogen-bond donors (Lipinski definition) is 0. The predicted molar refractivity (Wildman–Crippen MR) is 65.4 cm³/mol. The first kappa shape index (κ1) is 12.0. The Balaban J connectivity index is 2.58. The van der Waals surface area contributed by atoms with Crippen LogP contribution in [0.15, 0.2) is 36.5 Å². The molecule has 0 amide bonds. The third kappa shape index (κ3) is 2.29. The van der Waals surface area contributed by atoms with Gasteiger partial charge in [-0.25, -0.2) is 9.78 Å². The lowest BCUT2D eigenvalue weighted by Gasteiger charge is -2.08. The molecule has 1 aromatic carbocycles. The lowest BCUT2D eigenvalue weighted by atomic mass is 10.1. The predicted octanol–water partition coefficient (Wildman–Crippen LogP) is 1.94. The molecule has 2 aromatic rings. The smallest absolute Gasteiger partial charge is 0.341 e. The standard InChI is InChI=1S/C13H12N2O3/c1-17-12(16)10-8-14-13(18-2)15-11(10)9-6-4-3-5-7-9/h3-8H,1-2H3. The molecule has 0 aliphatic rings. The Labute approximate surface area is 104 Å². The van der Waals surface area contributed by atoms with Crippen molar-refractivity contribution in [3.05, 3.63) is 42.1 Å². The molecular formula is C13H12N2O3. The van der Waals surface area contributed by atoms with Crippen LogP contribution >= 0.6 is 0 Å². The Morgan fingerprint density at radius 1 is 1.17 bits per heavy atom. The molecular weight excluding hydrogens is 232 g/mol. The summed E-state index contributed by atoms with van der Waals surface area (Å²) in [5.41, 5.74) is 1.61. The van der Waals surface area contributed by atoms with E-state index in [4.69, 9.17) is 9.47 Å². The van der Waals surface area contributed by atoms with Crippen LogP contribution in [0.25, 0.3) is 11.3 Å². The molecule has 0 aliphatic heterocycles. The maximum Gasteiger partial charge on any atom is 0.341 e. The van der Waals surface area contributed by atoms with Crippen molar-refractivity contribution in [1.29, 1.82) is 0 Å². The second-order valence-corrected chi connectivity index (χ2v) is 3.48. The Morgan fingerprint density at radius 3 is 2.50 bits per heavy atom. The fraction of sp³-hybridized carbons (Fsp3) is 0.154. The second kappa shape index (κ2) is 5.27. The number of ether oxygens (including phenoxy) is 2. The number of hydrogen-bond acceptors (Lipinski definition) is 5. The third-order valence-electron chi connectivity index (χ3n) is 2.40. The van der Waals surface area contributed by atoms with E-state index in [1.165, 1.54) is 20.4 Å². The first-order valence-electron chi connectivity index (χ1n) is 5.31. The summed E-state index contributed by atoms with van der Waals surface area (Å²) in [5, 5.41) is 0. The number of carbonyl (C=O) groups excluding carboxylic acids is 1. The summed E-state index contributed by atoms with van der Waals surface area (Å²) in [5.74, 6) is -0.475. The van der Waals surface area contributed by atoms with E-state index in [0.717, 1.165) is 5.56 Å². The van der Waals surface area contributed by atoms with Crippen molar-refractivity contribution in [2.45, 2.75) is 0 Å². The molecule has 1 aromatic heterocycles. The molecule has 0 N–H and O–H groups in total. The van der Waals surface area contributed by atoms with Gasteiger partial charge in [-0.3, -0.25) is 0 Å². The molecule has 0 unspecified atom stereocenters. The van der Waals surface area contributed by atoms with Gasteiger partial charge in [-0.1, -0.05) is 30.3 Å². The highest BCUT2D eigenvalue weighted by molar-refractivity contribution is 5.95. The monoisotopic (exact) mass is 244 g/mol. The van der Waals surface area contributed by atoms with Gasteiger partial charge in [-0.2, -0.15) is 4.98 Å². The van der Waals surface area contributed by atoms with E-state index in [2.05, 4.69) is 9.97 Å². The van der Waals surface area contributed by atoms with Crippen molar-refractivity contribution in [2.75, 3.05) is 14.2 Å². The molecule has 5 heteroatoms. The van der Waals surface area contributed by atoms with E-state index in [9.17, 15) is 4.79 Å². The van der Waals surface area contributed by atoms with E-state index in [0.29, 0.717) is 11.3 Å². The first-order valence-corrected chi connectivity index (χ1v) is 5.31. The Morgan fingerprint density at radius 2 is 1.89 bits per heavy atom. The van der Waals surface area contributed by atoms with Crippen molar-refractivity contribution >= 4 is 5.97 Å². The maximum absolute atomic E-state index is 11.7. The number of aromatic nitrogens is 2. The van der Waals surface area contributed by atoms with Crippen LogP contribution in [0.1, 0.15) is 10.4 Å². The quantitative estimate of drug-likeness (QED) is 0.772. The summed E-state index contributed by atoms with van der Waals surface area (Å²) >= 11 is 0. The van der Waals surface area contributed by atoms with Crippen LogP contribution in [0.5, 0.6) is 6.01 Å². The number of methoxy groups -OCH3 is 2. The highest BCUT2D eigenvalue weighted by Crippen LogP contribution is 2.23. The molecule has 1 heterocycles. The number of nitrogens with zero attached hydrogens (tertiary/aromatic N) is 2. The Hall–Kier alpha value is -2.43. The van der Waals surface area contributed by atoms with E-state index >= 15 is 0 Å². The molecule has 0 fully saturated rings. The van der Waals surface area contributed by atoms with Gasteiger partial charge in [-0.15, -0.1) is 0 Å². The Bertz CT molecular complexity index is 555. The van der Waals surface area contributed by atoms with Gasteiger partial charge < -0.3 is 9.47 Å². The molecule has 0 spiro atoms. The lowest BCUT2D eigenvalue weighted by molar-refractivity contribution is 0.0600. The van der Waals surface area contributed by atoms with Crippen molar-refractivity contribution < 1.29 is 14.3 Å². The fourth-order valence-electron chi connectivity index (χ4n) is 1.54. The van der Waals surface area contributed by atoms with E-state index < -0.39 is 5.97 Å². The normalized spacial score (nSPS) is 9.89. The van der Waals surface area contributed by atoms with E-state index in [1.807, 2.05) is 30.3 Å². The summed E-state index contributed by atoms with van der Waals surface area (Å²) in [6.07, 6.45) is 1.40. The van der Waals surface area contributed by atoms with Crippen molar-refractivity contribution in [2.24, 2.45) is 0 Å². The summed E-state index contributed by atoms with van der Waals surface area (Å²) in [4.78, 5) is 19.8. The third-order valence-corrected chi connectivity index (χ3v) is 2.40. The second-order valence-electron chi connectivity index (χ2n) is 3.48. The van der Waals surface area contributed by atoms with Crippen molar-refractivity contribution in [1.82, 2.24) is 9.97 Å². The molecule has 0 saturated carbocycles. The van der Waals surface area contributed by atoms with Gasteiger partial charge >= 0.3 is 12.0 Å². The summed E-state index contributed by atoms with van der Waals surface area (Å²) < 4.78 is 9.68. The average molecular weight is 244 g/mol. The number of carbonyl (C=O) groups is 1. The van der Waals surface area contributed by atoms with Crippen LogP contribution < -0.4 is 4.74 Å². The van der Waals surface area contributed by atoms with Crippen LogP contribution in [0.2, 0.25) is 0 Å². The van der Waals surface area contributed by atoms with Gasteiger partial charge in [0.25, 0.3) is 0 Å². The minimum atomic E-state index is -0.475. The minimum Gasteiger partial charge on any atom is -0.467 e. The topological polar surface area (TPSA) is 61.3 Å². The van der Waals surface area contributed by atoms with Gasteiger partial charge in [0.15, 0.2) is 0 Å².